The van der Waals surface area contributed by atoms with Gasteiger partial charge in [-0.15, -0.1) is 0 Å². The smallest absolute Gasteiger partial charge is 0.322 e. The van der Waals surface area contributed by atoms with E-state index in [0.717, 1.165) is 11.3 Å². The van der Waals surface area contributed by atoms with Crippen LogP contribution in [0.5, 0.6) is 0 Å². The van der Waals surface area contributed by atoms with Crippen LogP contribution in [-0.2, 0) is 4.79 Å². The van der Waals surface area contributed by atoms with E-state index in [0.29, 0.717) is 13.1 Å². The standard InChI is InChI=1S/C13H17N3O2/c1-9-4-3-5-11(8-9)15-13(18)16-7-6-14-12(17)10(16)2/h3-5,8,10H,6-7H2,1-2H3,(H,14,17)(H,15,18). The Kier molecular flexibility index (Phi) is 3.50. The van der Waals surface area contributed by atoms with Gasteiger partial charge in [-0.05, 0) is 31.5 Å². The first-order valence-electron chi connectivity index (χ1n) is 6.00. The third-order valence-corrected chi connectivity index (χ3v) is 3.03. The fourth-order valence-corrected chi connectivity index (χ4v) is 1.98. The fourth-order valence-electron chi connectivity index (χ4n) is 1.98. The van der Waals surface area contributed by atoms with Crippen LogP contribution in [0.3, 0.4) is 0 Å². The van der Waals surface area contributed by atoms with Crippen LogP contribution in [-0.4, -0.2) is 36.0 Å². The first kappa shape index (κ1) is 12.4. The van der Waals surface area contributed by atoms with E-state index < -0.39 is 6.04 Å². The average molecular weight is 247 g/mol. The van der Waals surface area contributed by atoms with Crippen LogP contribution >= 0.6 is 0 Å². The van der Waals surface area contributed by atoms with Crippen molar-refractivity contribution in [3.8, 4) is 0 Å². The van der Waals surface area contributed by atoms with E-state index in [9.17, 15) is 9.59 Å². The SMILES string of the molecule is Cc1cccc(NC(=O)N2CCNC(=O)C2C)c1. The Labute approximate surface area is 106 Å². The number of benzene rings is 1. The molecule has 1 saturated heterocycles. The van der Waals surface area contributed by atoms with Crippen molar-refractivity contribution >= 4 is 17.6 Å². The van der Waals surface area contributed by atoms with Crippen LogP contribution in [0.15, 0.2) is 24.3 Å². The molecule has 1 heterocycles. The molecular formula is C13H17N3O2. The summed E-state index contributed by atoms with van der Waals surface area (Å²) in [5.41, 5.74) is 1.83. The van der Waals surface area contributed by atoms with Crippen LogP contribution < -0.4 is 10.6 Å². The summed E-state index contributed by atoms with van der Waals surface area (Å²) < 4.78 is 0. The average Bonchev–Trinajstić information content (AvgIpc) is 2.32. The minimum atomic E-state index is -0.427. The minimum Gasteiger partial charge on any atom is -0.353 e. The number of nitrogens with zero attached hydrogens (tertiary/aromatic N) is 1. The van der Waals surface area contributed by atoms with E-state index in [1.54, 1.807) is 11.8 Å². The van der Waals surface area contributed by atoms with Gasteiger partial charge in [0, 0.05) is 18.8 Å². The molecule has 0 spiro atoms. The zero-order chi connectivity index (χ0) is 13.1. The highest BCUT2D eigenvalue weighted by Gasteiger charge is 2.29. The molecule has 1 aliphatic heterocycles. The van der Waals surface area contributed by atoms with E-state index in [1.807, 2.05) is 31.2 Å². The van der Waals surface area contributed by atoms with Crippen molar-refractivity contribution in [3.05, 3.63) is 29.8 Å². The van der Waals surface area contributed by atoms with Gasteiger partial charge in [0.05, 0.1) is 0 Å². The summed E-state index contributed by atoms with van der Waals surface area (Å²) >= 11 is 0. The summed E-state index contributed by atoms with van der Waals surface area (Å²) in [4.78, 5) is 25.1. The summed E-state index contributed by atoms with van der Waals surface area (Å²) in [7, 11) is 0. The molecule has 0 saturated carbocycles. The molecule has 18 heavy (non-hydrogen) atoms. The van der Waals surface area contributed by atoms with E-state index in [4.69, 9.17) is 0 Å². The van der Waals surface area contributed by atoms with Crippen molar-refractivity contribution < 1.29 is 9.59 Å². The summed E-state index contributed by atoms with van der Waals surface area (Å²) in [5, 5.41) is 5.54. The minimum absolute atomic E-state index is 0.111. The van der Waals surface area contributed by atoms with Gasteiger partial charge in [0.25, 0.3) is 0 Å². The third kappa shape index (κ3) is 2.61. The van der Waals surface area contributed by atoms with E-state index >= 15 is 0 Å². The van der Waals surface area contributed by atoms with Crippen LogP contribution in [0.1, 0.15) is 12.5 Å². The van der Waals surface area contributed by atoms with Crippen molar-refractivity contribution in [2.24, 2.45) is 0 Å². The Morgan fingerprint density at radius 3 is 3.00 bits per heavy atom. The molecule has 1 unspecified atom stereocenters. The van der Waals surface area contributed by atoms with Crippen molar-refractivity contribution in [3.63, 3.8) is 0 Å². The number of amides is 3. The van der Waals surface area contributed by atoms with Gasteiger partial charge in [-0.3, -0.25) is 4.79 Å². The van der Waals surface area contributed by atoms with Crippen molar-refractivity contribution in [1.29, 1.82) is 0 Å². The van der Waals surface area contributed by atoms with Crippen molar-refractivity contribution in [2.45, 2.75) is 19.9 Å². The highest BCUT2D eigenvalue weighted by Crippen LogP contribution is 2.12. The number of nitrogens with one attached hydrogen (secondary N) is 2. The Bertz CT molecular complexity index is 473. The lowest BCUT2D eigenvalue weighted by Crippen LogP contribution is -2.56. The fraction of sp³-hybridized carbons (Fsp3) is 0.385. The normalized spacial score (nSPS) is 19.3. The Morgan fingerprint density at radius 1 is 1.50 bits per heavy atom. The van der Waals surface area contributed by atoms with Crippen LogP contribution in [0.4, 0.5) is 10.5 Å². The van der Waals surface area contributed by atoms with Crippen molar-refractivity contribution in [2.75, 3.05) is 18.4 Å². The second-order valence-electron chi connectivity index (χ2n) is 4.46. The molecule has 96 valence electrons. The number of carbonyl (C=O) groups is 2. The number of hydrogen-bond donors (Lipinski definition) is 2. The van der Waals surface area contributed by atoms with Crippen LogP contribution in [0, 0.1) is 6.92 Å². The van der Waals surface area contributed by atoms with E-state index in [2.05, 4.69) is 10.6 Å². The number of rotatable bonds is 1. The van der Waals surface area contributed by atoms with Gasteiger partial charge < -0.3 is 15.5 Å². The summed E-state index contributed by atoms with van der Waals surface area (Å²) in [6.07, 6.45) is 0. The van der Waals surface area contributed by atoms with E-state index in [-0.39, 0.29) is 11.9 Å². The molecule has 0 bridgehead atoms. The molecule has 2 N–H and O–H groups in total. The molecule has 1 aromatic rings. The summed E-state index contributed by atoms with van der Waals surface area (Å²) in [5.74, 6) is -0.111. The van der Waals surface area contributed by atoms with Crippen LogP contribution in [0.25, 0.3) is 0 Å². The highest BCUT2D eigenvalue weighted by atomic mass is 16.2. The van der Waals surface area contributed by atoms with Gasteiger partial charge in [0.1, 0.15) is 6.04 Å². The quantitative estimate of drug-likeness (QED) is 0.787. The monoisotopic (exact) mass is 247 g/mol. The maximum Gasteiger partial charge on any atom is 0.322 e. The number of urea groups is 1. The lowest BCUT2D eigenvalue weighted by Gasteiger charge is -2.32. The van der Waals surface area contributed by atoms with Gasteiger partial charge in [0.15, 0.2) is 0 Å². The Morgan fingerprint density at radius 2 is 2.28 bits per heavy atom. The van der Waals surface area contributed by atoms with Gasteiger partial charge >= 0.3 is 6.03 Å². The van der Waals surface area contributed by atoms with Gasteiger partial charge in [-0.2, -0.15) is 0 Å². The molecule has 1 aliphatic rings. The highest BCUT2D eigenvalue weighted by molar-refractivity contribution is 5.94. The number of anilines is 1. The molecule has 2 rings (SSSR count). The van der Waals surface area contributed by atoms with E-state index in [1.165, 1.54) is 0 Å². The largest absolute Gasteiger partial charge is 0.353 e. The molecule has 1 fully saturated rings. The predicted molar refractivity (Wildman–Crippen MR) is 69.4 cm³/mol. The van der Waals surface area contributed by atoms with Crippen molar-refractivity contribution in [1.82, 2.24) is 10.2 Å². The Balaban J connectivity index is 2.05. The number of aryl methyl sites for hydroxylation is 1. The maximum atomic E-state index is 12.1. The zero-order valence-corrected chi connectivity index (χ0v) is 10.6. The maximum absolute atomic E-state index is 12.1. The molecule has 1 aromatic carbocycles. The summed E-state index contributed by atoms with van der Waals surface area (Å²) in [6, 6.07) is 6.92. The van der Waals surface area contributed by atoms with Gasteiger partial charge in [-0.25, -0.2) is 4.79 Å². The lowest BCUT2D eigenvalue weighted by atomic mass is 10.2. The first-order valence-corrected chi connectivity index (χ1v) is 6.00. The molecule has 1 atom stereocenters. The van der Waals surface area contributed by atoms with Gasteiger partial charge in [0.2, 0.25) is 5.91 Å². The van der Waals surface area contributed by atoms with Crippen LogP contribution in [0.2, 0.25) is 0 Å². The lowest BCUT2D eigenvalue weighted by molar-refractivity contribution is -0.126. The second kappa shape index (κ2) is 5.08. The molecule has 5 heteroatoms. The third-order valence-electron chi connectivity index (χ3n) is 3.03. The predicted octanol–water partition coefficient (Wildman–Crippen LogP) is 1.35. The topological polar surface area (TPSA) is 61.4 Å². The zero-order valence-electron chi connectivity index (χ0n) is 10.6. The molecule has 0 radical (unpaired) electrons. The number of carbonyl (C=O) groups excluding carboxylic acids is 2. The molecular weight excluding hydrogens is 230 g/mol. The second-order valence-corrected chi connectivity index (χ2v) is 4.46. The molecule has 5 nitrogen and oxygen atoms in total. The Hall–Kier alpha value is -2.04. The number of hydrogen-bond acceptors (Lipinski definition) is 2. The molecule has 3 amide bonds. The molecule has 0 aliphatic carbocycles. The van der Waals surface area contributed by atoms with Gasteiger partial charge in [-0.1, -0.05) is 12.1 Å². The summed E-state index contributed by atoms with van der Waals surface area (Å²) in [6.45, 7) is 4.73. The molecule has 0 aromatic heterocycles. The first-order chi connectivity index (χ1) is 8.58. The number of piperazine rings is 1.